The zero-order valence-electron chi connectivity index (χ0n) is 13.8. The molecule has 23 heavy (non-hydrogen) atoms. The molecular weight excluding hydrogens is 342 g/mol. The molecule has 1 rings (SSSR count). The average Bonchev–Trinajstić information content (AvgIpc) is 2.59. The van der Waals surface area contributed by atoms with E-state index in [2.05, 4.69) is 0 Å². The first-order chi connectivity index (χ1) is 10.8. The minimum atomic E-state index is -3.89. The first kappa shape index (κ1) is 20.3. The van der Waals surface area contributed by atoms with Crippen molar-refractivity contribution in [1.82, 2.24) is 0 Å². The van der Waals surface area contributed by atoms with Crippen molar-refractivity contribution in [2.45, 2.75) is 12.8 Å². The van der Waals surface area contributed by atoms with Crippen LogP contribution in [0.2, 0.25) is 0 Å². The molecule has 1 atom stereocenters. The standard InChI is InChI=1S/C14H22O7P2/c1-12(11-13-9-7-6-8-10-13)14(22(15,17-2)18-3)21-23(16,19-4)20-5/h6-11,14H,1-5H3/b12-11+. The fourth-order valence-corrected chi connectivity index (χ4v) is 4.47. The smallest absolute Gasteiger partial charge is 0.310 e. The monoisotopic (exact) mass is 364 g/mol. The summed E-state index contributed by atoms with van der Waals surface area (Å²) in [6.07, 6.45) is 1.73. The summed E-state index contributed by atoms with van der Waals surface area (Å²) < 4.78 is 49.8. The molecule has 1 aromatic rings. The number of hydrogen-bond acceptors (Lipinski definition) is 7. The van der Waals surface area contributed by atoms with Crippen molar-refractivity contribution in [3.8, 4) is 0 Å². The number of phosphoric ester groups is 1. The molecule has 0 aliphatic carbocycles. The SMILES string of the molecule is COP(=O)(OC)OC(/C(C)=C/c1ccccc1)P(=O)(OC)OC. The maximum Gasteiger partial charge on any atom is 0.475 e. The molecule has 0 saturated heterocycles. The molecule has 1 aromatic carbocycles. The predicted molar refractivity (Wildman–Crippen MR) is 88.2 cm³/mol. The van der Waals surface area contributed by atoms with Crippen LogP contribution >= 0.6 is 15.4 Å². The lowest BCUT2D eigenvalue weighted by Gasteiger charge is -2.27. The van der Waals surface area contributed by atoms with Crippen molar-refractivity contribution in [2.75, 3.05) is 28.4 Å². The largest absolute Gasteiger partial charge is 0.475 e. The van der Waals surface area contributed by atoms with Crippen molar-refractivity contribution in [3.05, 3.63) is 41.5 Å². The Morgan fingerprint density at radius 1 is 0.957 bits per heavy atom. The maximum absolute atomic E-state index is 12.7. The molecule has 0 fully saturated rings. The summed E-state index contributed by atoms with van der Waals surface area (Å²) in [6.45, 7) is 1.66. The van der Waals surface area contributed by atoms with E-state index in [0.29, 0.717) is 5.57 Å². The van der Waals surface area contributed by atoms with Crippen LogP contribution in [0.25, 0.3) is 6.08 Å². The summed E-state index contributed by atoms with van der Waals surface area (Å²) in [4.78, 5) is 0. The summed E-state index contributed by atoms with van der Waals surface area (Å²) in [5.41, 5.74) is 1.33. The predicted octanol–water partition coefficient (Wildman–Crippen LogP) is 4.32. The van der Waals surface area contributed by atoms with E-state index < -0.39 is 21.3 Å². The molecule has 0 N–H and O–H groups in total. The van der Waals surface area contributed by atoms with Crippen LogP contribution < -0.4 is 0 Å². The van der Waals surface area contributed by atoms with E-state index >= 15 is 0 Å². The summed E-state index contributed by atoms with van der Waals surface area (Å²) in [5.74, 6) is -1.25. The summed E-state index contributed by atoms with van der Waals surface area (Å²) in [7, 11) is -2.84. The third-order valence-corrected chi connectivity index (χ3v) is 6.69. The zero-order valence-corrected chi connectivity index (χ0v) is 15.6. The van der Waals surface area contributed by atoms with Crippen molar-refractivity contribution in [2.24, 2.45) is 0 Å². The average molecular weight is 364 g/mol. The first-order valence-corrected chi connectivity index (χ1v) is 9.75. The topological polar surface area (TPSA) is 80.3 Å². The molecule has 0 aromatic heterocycles. The third kappa shape index (κ3) is 5.37. The van der Waals surface area contributed by atoms with Crippen molar-refractivity contribution >= 4 is 21.5 Å². The zero-order chi connectivity index (χ0) is 17.5. The number of hydrogen-bond donors (Lipinski definition) is 0. The molecule has 0 spiro atoms. The Balaban J connectivity index is 3.26. The van der Waals surface area contributed by atoms with Crippen molar-refractivity contribution in [3.63, 3.8) is 0 Å². The molecule has 0 aliphatic heterocycles. The van der Waals surface area contributed by atoms with Crippen molar-refractivity contribution in [1.29, 1.82) is 0 Å². The van der Waals surface area contributed by atoms with Gasteiger partial charge in [0.15, 0.2) is 5.85 Å². The van der Waals surface area contributed by atoms with E-state index in [9.17, 15) is 9.13 Å². The van der Waals surface area contributed by atoms with E-state index in [1.54, 1.807) is 13.0 Å². The molecular formula is C14H22O7P2. The van der Waals surface area contributed by atoms with Gasteiger partial charge in [-0.25, -0.2) is 4.57 Å². The number of benzene rings is 1. The highest BCUT2D eigenvalue weighted by Gasteiger charge is 2.42. The third-order valence-electron chi connectivity index (χ3n) is 3.06. The van der Waals surface area contributed by atoms with Gasteiger partial charge in [-0.05, 0) is 18.1 Å². The van der Waals surface area contributed by atoms with Gasteiger partial charge in [-0.2, -0.15) is 0 Å². The van der Waals surface area contributed by atoms with Gasteiger partial charge < -0.3 is 9.05 Å². The second-order valence-corrected chi connectivity index (χ2v) is 8.59. The van der Waals surface area contributed by atoms with Crippen LogP contribution in [-0.2, 0) is 31.7 Å². The molecule has 0 amide bonds. The molecule has 0 aliphatic rings. The van der Waals surface area contributed by atoms with Gasteiger partial charge in [0, 0.05) is 28.4 Å². The van der Waals surface area contributed by atoms with Gasteiger partial charge in [-0.3, -0.25) is 18.1 Å². The van der Waals surface area contributed by atoms with E-state index in [-0.39, 0.29) is 0 Å². The molecule has 1 unspecified atom stereocenters. The molecule has 0 heterocycles. The minimum absolute atomic E-state index is 0.484. The molecule has 0 bridgehead atoms. The normalized spacial score (nSPS) is 14.7. The summed E-state index contributed by atoms with van der Waals surface area (Å²) in [5, 5.41) is 0. The van der Waals surface area contributed by atoms with Gasteiger partial charge >= 0.3 is 15.4 Å². The van der Waals surface area contributed by atoms with Crippen LogP contribution in [0.3, 0.4) is 0 Å². The summed E-state index contributed by atoms with van der Waals surface area (Å²) >= 11 is 0. The highest BCUT2D eigenvalue weighted by atomic mass is 31.2. The fraction of sp³-hybridized carbons (Fsp3) is 0.429. The highest BCUT2D eigenvalue weighted by Crippen LogP contribution is 2.61. The quantitative estimate of drug-likeness (QED) is 0.604. The Kier molecular flexibility index (Phi) is 7.84. The van der Waals surface area contributed by atoms with Crippen molar-refractivity contribution < 1.29 is 31.7 Å². The summed E-state index contributed by atoms with van der Waals surface area (Å²) in [6, 6.07) is 9.31. The molecule has 0 saturated carbocycles. The maximum atomic E-state index is 12.7. The Labute approximate surface area is 136 Å². The Bertz CT molecular complexity index is 599. The molecule has 0 radical (unpaired) electrons. The van der Waals surface area contributed by atoms with E-state index in [1.165, 1.54) is 28.4 Å². The Hall–Kier alpha value is -0.780. The molecule has 9 heteroatoms. The van der Waals surface area contributed by atoms with E-state index in [4.69, 9.17) is 22.6 Å². The minimum Gasteiger partial charge on any atom is -0.310 e. The fourth-order valence-electron chi connectivity index (χ4n) is 1.82. The second-order valence-electron chi connectivity index (χ2n) is 4.47. The number of phosphoric acid groups is 1. The molecule has 7 nitrogen and oxygen atoms in total. The van der Waals surface area contributed by atoms with Gasteiger partial charge in [0.1, 0.15) is 0 Å². The van der Waals surface area contributed by atoms with Crippen LogP contribution in [-0.4, -0.2) is 34.3 Å². The van der Waals surface area contributed by atoms with Gasteiger partial charge in [-0.15, -0.1) is 0 Å². The van der Waals surface area contributed by atoms with E-state index in [0.717, 1.165) is 5.56 Å². The Morgan fingerprint density at radius 3 is 1.91 bits per heavy atom. The van der Waals surface area contributed by atoms with Gasteiger partial charge in [0.2, 0.25) is 0 Å². The van der Waals surface area contributed by atoms with E-state index in [1.807, 2.05) is 30.3 Å². The highest BCUT2D eigenvalue weighted by molar-refractivity contribution is 7.56. The number of rotatable bonds is 9. The van der Waals surface area contributed by atoms with Crippen LogP contribution in [0.15, 0.2) is 35.9 Å². The van der Waals surface area contributed by atoms with Gasteiger partial charge in [-0.1, -0.05) is 36.4 Å². The lowest BCUT2D eigenvalue weighted by Crippen LogP contribution is -2.17. The van der Waals surface area contributed by atoms with Crippen LogP contribution in [0.4, 0.5) is 0 Å². The Morgan fingerprint density at radius 2 is 1.48 bits per heavy atom. The lowest BCUT2D eigenvalue weighted by molar-refractivity contribution is 0.129. The van der Waals surface area contributed by atoms with Gasteiger partial charge in [0.25, 0.3) is 0 Å². The van der Waals surface area contributed by atoms with Crippen LogP contribution in [0, 0.1) is 0 Å². The van der Waals surface area contributed by atoms with Crippen LogP contribution in [0.1, 0.15) is 12.5 Å². The lowest BCUT2D eigenvalue weighted by atomic mass is 10.1. The van der Waals surface area contributed by atoms with Crippen LogP contribution in [0.5, 0.6) is 0 Å². The first-order valence-electron chi connectivity index (χ1n) is 6.68. The second kappa shape index (κ2) is 8.90. The molecule has 130 valence electrons. The van der Waals surface area contributed by atoms with Gasteiger partial charge in [0.05, 0.1) is 0 Å².